The van der Waals surface area contributed by atoms with Crippen molar-refractivity contribution in [1.82, 2.24) is 4.72 Å². The van der Waals surface area contributed by atoms with Gasteiger partial charge in [0.05, 0.1) is 0 Å². The maximum absolute atomic E-state index is 4.17. The summed E-state index contributed by atoms with van der Waals surface area (Å²) >= 11 is 4.13. The average Bonchev–Trinajstić information content (AvgIpc) is 2.46. The van der Waals surface area contributed by atoms with Crippen LogP contribution in [0.3, 0.4) is 0 Å². The minimum Gasteiger partial charge on any atom is -0.267 e. The van der Waals surface area contributed by atoms with E-state index in [2.05, 4.69) is 49.3 Å². The normalized spacial score (nSPS) is 21.2. The van der Waals surface area contributed by atoms with E-state index in [0.717, 1.165) is 18.9 Å². The highest BCUT2D eigenvalue weighted by atomic mass is 32.1. The zero-order valence-corrected chi connectivity index (χ0v) is 14.6. The molecule has 1 rings (SSSR count). The molecule has 1 atom stereocenters. The summed E-state index contributed by atoms with van der Waals surface area (Å²) in [5.74, 6) is 0.823. The third kappa shape index (κ3) is 9.21. The zero-order valence-electron chi connectivity index (χ0n) is 13.7. The quantitative estimate of drug-likeness (QED) is 0.372. The molecule has 0 amide bonds. The first kappa shape index (κ1) is 18.6. The van der Waals surface area contributed by atoms with Gasteiger partial charge in [-0.05, 0) is 50.0 Å². The van der Waals surface area contributed by atoms with Crippen LogP contribution in [-0.2, 0) is 0 Å². The van der Waals surface area contributed by atoms with Crippen LogP contribution in [0, 0.1) is 5.92 Å². The Bertz CT molecular complexity index is 343. The van der Waals surface area contributed by atoms with Crippen molar-refractivity contribution >= 4 is 12.8 Å². The number of hydrogen-bond donors (Lipinski definition) is 2. The van der Waals surface area contributed by atoms with E-state index >= 15 is 0 Å². The molecule has 0 saturated heterocycles. The summed E-state index contributed by atoms with van der Waals surface area (Å²) in [6, 6.07) is 0. The second kappa shape index (κ2) is 12.1. The molecule has 0 aliphatic heterocycles. The van der Waals surface area contributed by atoms with E-state index in [1.807, 2.05) is 0 Å². The van der Waals surface area contributed by atoms with Crippen molar-refractivity contribution < 1.29 is 0 Å². The topological polar surface area (TPSA) is 12.0 Å². The minimum absolute atomic E-state index is 0.823. The Morgan fingerprint density at radius 3 is 2.90 bits per heavy atom. The number of unbranched alkanes of at least 4 members (excludes halogenated alkanes) is 2. The minimum atomic E-state index is 0.823. The van der Waals surface area contributed by atoms with Gasteiger partial charge in [-0.2, -0.15) is 0 Å². The Morgan fingerprint density at radius 1 is 1.29 bits per heavy atom. The molecule has 0 spiro atoms. The first-order valence-corrected chi connectivity index (χ1v) is 9.12. The Morgan fingerprint density at radius 2 is 2.14 bits per heavy atom. The molecule has 0 radical (unpaired) electrons. The third-order valence-electron chi connectivity index (χ3n) is 4.31. The highest BCUT2D eigenvalue weighted by Crippen LogP contribution is 2.24. The van der Waals surface area contributed by atoms with Gasteiger partial charge in [-0.25, -0.2) is 0 Å². The molecule has 1 unspecified atom stereocenters. The Kier molecular flexibility index (Phi) is 10.7. The lowest BCUT2D eigenvalue weighted by atomic mass is 9.90. The number of hydrogen-bond acceptors (Lipinski definition) is 2. The Hall–Kier alpha value is -0.470. The lowest BCUT2D eigenvalue weighted by Gasteiger charge is -2.17. The van der Waals surface area contributed by atoms with Crippen LogP contribution in [0.25, 0.3) is 0 Å². The lowest BCUT2D eigenvalue weighted by Crippen LogP contribution is -2.10. The van der Waals surface area contributed by atoms with Crippen LogP contribution in [0.1, 0.15) is 71.1 Å². The predicted molar refractivity (Wildman–Crippen MR) is 98.7 cm³/mol. The van der Waals surface area contributed by atoms with E-state index in [9.17, 15) is 0 Å². The van der Waals surface area contributed by atoms with Crippen molar-refractivity contribution in [2.75, 3.05) is 6.54 Å². The molecule has 1 nitrogen and oxygen atoms in total. The molecule has 0 bridgehead atoms. The van der Waals surface area contributed by atoms with Gasteiger partial charge in [0.15, 0.2) is 0 Å². The molecule has 1 aliphatic carbocycles. The summed E-state index contributed by atoms with van der Waals surface area (Å²) in [5, 5.41) is 0. The van der Waals surface area contributed by atoms with Crippen LogP contribution in [0.15, 0.2) is 36.0 Å². The molecular weight excluding hydrogens is 274 g/mol. The molecule has 1 N–H and O–H groups in total. The van der Waals surface area contributed by atoms with Crippen molar-refractivity contribution in [2.45, 2.75) is 71.1 Å². The summed E-state index contributed by atoms with van der Waals surface area (Å²) < 4.78 is 3.00. The fourth-order valence-electron chi connectivity index (χ4n) is 2.98. The maximum atomic E-state index is 4.17. The van der Waals surface area contributed by atoms with Gasteiger partial charge in [-0.15, -0.1) is 0 Å². The highest BCUT2D eigenvalue weighted by Gasteiger charge is 2.09. The Labute approximate surface area is 137 Å². The standard InChI is InChI=1S/C19H33NS/c1-3-4-6-10-18(14-15-20-21)12-13-19-11-8-5-7-9-17(2)16-19/h8,11,16,18,20-21H,2-7,9-10,12-15H2,1H3/b11-8-,19-16+. The molecule has 0 aromatic rings. The Balaban J connectivity index is 2.44. The van der Waals surface area contributed by atoms with Gasteiger partial charge in [0.25, 0.3) is 0 Å². The molecular formula is C19H33NS. The van der Waals surface area contributed by atoms with Gasteiger partial charge in [-0.3, -0.25) is 4.72 Å². The molecule has 0 fully saturated rings. The van der Waals surface area contributed by atoms with Gasteiger partial charge in [-0.1, -0.05) is 75.8 Å². The second-order valence-corrected chi connectivity index (χ2v) is 6.59. The van der Waals surface area contributed by atoms with E-state index in [-0.39, 0.29) is 0 Å². The smallest absolute Gasteiger partial charge is 0.00588 e. The van der Waals surface area contributed by atoms with Crippen molar-refractivity contribution in [3.8, 4) is 0 Å². The number of allylic oxidation sites excluding steroid dienone is 5. The molecule has 0 saturated carbocycles. The molecule has 0 heterocycles. The molecule has 120 valence electrons. The van der Waals surface area contributed by atoms with E-state index in [1.165, 1.54) is 68.9 Å². The number of thiol groups is 1. The van der Waals surface area contributed by atoms with Crippen LogP contribution in [-0.4, -0.2) is 6.54 Å². The van der Waals surface area contributed by atoms with E-state index in [4.69, 9.17) is 0 Å². The lowest BCUT2D eigenvalue weighted by molar-refractivity contribution is 0.404. The fraction of sp³-hybridized carbons (Fsp3) is 0.684. The fourth-order valence-corrected chi connectivity index (χ4v) is 3.10. The van der Waals surface area contributed by atoms with E-state index in [0.29, 0.717) is 0 Å². The van der Waals surface area contributed by atoms with Crippen LogP contribution in [0.5, 0.6) is 0 Å². The van der Waals surface area contributed by atoms with E-state index < -0.39 is 0 Å². The van der Waals surface area contributed by atoms with Gasteiger partial charge >= 0.3 is 0 Å². The van der Waals surface area contributed by atoms with Crippen molar-refractivity contribution in [3.63, 3.8) is 0 Å². The summed E-state index contributed by atoms with van der Waals surface area (Å²) in [5.41, 5.74) is 2.77. The van der Waals surface area contributed by atoms with Crippen LogP contribution in [0.2, 0.25) is 0 Å². The van der Waals surface area contributed by atoms with Crippen molar-refractivity contribution in [1.29, 1.82) is 0 Å². The van der Waals surface area contributed by atoms with Crippen molar-refractivity contribution in [2.24, 2.45) is 5.92 Å². The number of nitrogens with one attached hydrogen (secondary N) is 1. The summed E-state index contributed by atoms with van der Waals surface area (Å²) in [4.78, 5) is 0. The van der Waals surface area contributed by atoms with Gasteiger partial charge in [0, 0.05) is 6.54 Å². The molecule has 1 aliphatic rings. The predicted octanol–water partition coefficient (Wildman–Crippen LogP) is 6.01. The first-order chi connectivity index (χ1) is 10.3. The largest absolute Gasteiger partial charge is 0.267 e. The number of rotatable bonds is 10. The van der Waals surface area contributed by atoms with Crippen LogP contribution in [0.4, 0.5) is 0 Å². The van der Waals surface area contributed by atoms with Gasteiger partial charge in [0.1, 0.15) is 0 Å². The molecule has 0 aromatic carbocycles. The molecule has 21 heavy (non-hydrogen) atoms. The average molecular weight is 308 g/mol. The zero-order chi connectivity index (χ0) is 15.3. The molecule has 0 aromatic heterocycles. The second-order valence-electron chi connectivity index (χ2n) is 6.27. The maximum Gasteiger partial charge on any atom is 0.00588 e. The summed E-state index contributed by atoms with van der Waals surface area (Å²) in [6.45, 7) is 7.47. The van der Waals surface area contributed by atoms with Gasteiger partial charge < -0.3 is 0 Å². The van der Waals surface area contributed by atoms with E-state index in [1.54, 1.807) is 0 Å². The van der Waals surface area contributed by atoms with Gasteiger partial charge in [0.2, 0.25) is 0 Å². The first-order valence-electron chi connectivity index (χ1n) is 8.68. The van der Waals surface area contributed by atoms with Crippen LogP contribution < -0.4 is 4.72 Å². The highest BCUT2D eigenvalue weighted by molar-refractivity contribution is 7.78. The molecule has 2 heteroatoms. The monoisotopic (exact) mass is 307 g/mol. The third-order valence-corrected chi connectivity index (χ3v) is 4.54. The summed E-state index contributed by atoms with van der Waals surface area (Å²) in [6.07, 6.45) is 19.7. The SMILES string of the molecule is C=C1/C=C(CCC(CCCCC)CCNS)\C=C/CCC1. The van der Waals surface area contributed by atoms with Crippen molar-refractivity contribution in [3.05, 3.63) is 36.0 Å². The van der Waals surface area contributed by atoms with Crippen LogP contribution >= 0.6 is 12.8 Å². The summed E-state index contributed by atoms with van der Waals surface area (Å²) in [7, 11) is 0.